The molecule has 0 aliphatic carbocycles. The van der Waals surface area contributed by atoms with E-state index < -0.39 is 0 Å². The zero-order valence-electron chi connectivity index (χ0n) is 9.48. The van der Waals surface area contributed by atoms with E-state index >= 15 is 0 Å². The summed E-state index contributed by atoms with van der Waals surface area (Å²) >= 11 is 0. The predicted molar refractivity (Wildman–Crippen MR) is 63.1 cm³/mol. The zero-order valence-corrected chi connectivity index (χ0v) is 11.5. The third-order valence-corrected chi connectivity index (χ3v) is 2.86. The zero-order chi connectivity index (χ0) is 9.78. The maximum absolute atomic E-state index is 5.14. The van der Waals surface area contributed by atoms with Gasteiger partial charge in [-0.2, -0.15) is 0 Å². The van der Waals surface area contributed by atoms with Gasteiger partial charge >= 0.3 is 0 Å². The molecule has 0 heterocycles. The van der Waals surface area contributed by atoms with Crippen LogP contribution in [-0.2, 0) is 4.43 Å². The van der Waals surface area contributed by atoms with E-state index in [-0.39, 0.29) is 0 Å². The van der Waals surface area contributed by atoms with E-state index in [0.717, 1.165) is 17.1 Å². The highest BCUT2D eigenvalue weighted by Crippen LogP contribution is 2.09. The third kappa shape index (κ3) is 12.2. The predicted octanol–water partition coefficient (Wildman–Crippen LogP) is 2.81. The molecular formula is C11H26OSi. The molecule has 13 heavy (non-hydrogen) atoms. The van der Waals surface area contributed by atoms with Gasteiger partial charge in [-0.1, -0.05) is 58.3 Å². The minimum Gasteiger partial charge on any atom is -0.428 e. The fourth-order valence-corrected chi connectivity index (χ4v) is 1.85. The molecule has 0 aliphatic rings. The van der Waals surface area contributed by atoms with Gasteiger partial charge in [0.1, 0.15) is 10.5 Å². The highest BCUT2D eigenvalue weighted by Gasteiger charge is 1.90. The Kier molecular flexibility index (Phi) is 12.3. The van der Waals surface area contributed by atoms with Crippen molar-refractivity contribution in [2.75, 3.05) is 6.61 Å². The largest absolute Gasteiger partial charge is 0.428 e. The smallest absolute Gasteiger partial charge is 0.145 e. The highest BCUT2D eigenvalue weighted by atomic mass is 28.2. The maximum Gasteiger partial charge on any atom is 0.145 e. The van der Waals surface area contributed by atoms with Crippen molar-refractivity contribution in [2.45, 2.75) is 64.7 Å². The second-order valence-corrected chi connectivity index (χ2v) is 4.40. The van der Waals surface area contributed by atoms with E-state index in [2.05, 4.69) is 6.92 Å². The Bertz CT molecular complexity index is 76.2. The normalized spacial score (nSPS) is 10.8. The summed E-state index contributed by atoms with van der Waals surface area (Å²) in [5.74, 6) is 0. The summed E-state index contributed by atoms with van der Waals surface area (Å²) in [4.78, 5) is 0. The molecule has 0 aromatic heterocycles. The van der Waals surface area contributed by atoms with Crippen LogP contribution in [0.2, 0.25) is 0 Å². The minimum atomic E-state index is 0.910. The van der Waals surface area contributed by atoms with Crippen LogP contribution in [0.5, 0.6) is 0 Å². The van der Waals surface area contributed by atoms with Crippen LogP contribution in [0.1, 0.15) is 64.7 Å². The van der Waals surface area contributed by atoms with Crippen LogP contribution in [0, 0.1) is 0 Å². The van der Waals surface area contributed by atoms with E-state index in [0.29, 0.717) is 0 Å². The molecule has 0 unspecified atom stereocenters. The first-order valence-corrected chi connectivity index (χ1v) is 6.72. The lowest BCUT2D eigenvalue weighted by atomic mass is 10.1. The molecule has 0 bridgehead atoms. The SMILES string of the molecule is CCCCCCCCCCCO[SiH3]. The molecule has 0 fully saturated rings. The Morgan fingerprint density at radius 1 is 0.769 bits per heavy atom. The van der Waals surface area contributed by atoms with Gasteiger partial charge in [-0.3, -0.25) is 0 Å². The third-order valence-electron chi connectivity index (χ3n) is 2.45. The first kappa shape index (κ1) is 13.2. The average molecular weight is 202 g/mol. The molecule has 0 aliphatic heterocycles. The number of unbranched alkanes of at least 4 members (excludes halogenated alkanes) is 8. The average Bonchev–Trinajstić information content (AvgIpc) is 2.16. The topological polar surface area (TPSA) is 9.23 Å². The summed E-state index contributed by atoms with van der Waals surface area (Å²) in [5.41, 5.74) is 0. The fraction of sp³-hybridized carbons (Fsp3) is 1.00. The Labute approximate surface area is 86.8 Å². The first-order chi connectivity index (χ1) is 6.41. The molecular weight excluding hydrogens is 176 g/mol. The van der Waals surface area contributed by atoms with Gasteiger partial charge in [0.2, 0.25) is 0 Å². The van der Waals surface area contributed by atoms with Gasteiger partial charge < -0.3 is 4.43 Å². The highest BCUT2D eigenvalue weighted by molar-refractivity contribution is 5.97. The van der Waals surface area contributed by atoms with E-state index in [4.69, 9.17) is 4.43 Å². The molecule has 1 nitrogen and oxygen atoms in total. The summed E-state index contributed by atoms with van der Waals surface area (Å²) in [6.45, 7) is 3.27. The molecule has 0 saturated heterocycles. The lowest BCUT2D eigenvalue weighted by Gasteiger charge is -2.01. The summed E-state index contributed by atoms with van der Waals surface area (Å²) in [6.07, 6.45) is 12.6. The summed E-state index contributed by atoms with van der Waals surface area (Å²) in [7, 11) is 0.910. The molecule has 0 saturated carbocycles. The van der Waals surface area contributed by atoms with Crippen molar-refractivity contribution in [1.82, 2.24) is 0 Å². The molecule has 2 heteroatoms. The van der Waals surface area contributed by atoms with Crippen LogP contribution in [0.4, 0.5) is 0 Å². The van der Waals surface area contributed by atoms with Crippen LogP contribution in [0.25, 0.3) is 0 Å². The van der Waals surface area contributed by atoms with E-state index in [9.17, 15) is 0 Å². The minimum absolute atomic E-state index is 0.910. The van der Waals surface area contributed by atoms with Gasteiger partial charge in [0.05, 0.1) is 0 Å². The van der Waals surface area contributed by atoms with Crippen molar-refractivity contribution in [3.63, 3.8) is 0 Å². The Morgan fingerprint density at radius 2 is 1.23 bits per heavy atom. The molecule has 80 valence electrons. The summed E-state index contributed by atoms with van der Waals surface area (Å²) < 4.78 is 5.14. The molecule has 0 N–H and O–H groups in total. The van der Waals surface area contributed by atoms with Crippen LogP contribution >= 0.6 is 0 Å². The van der Waals surface area contributed by atoms with Gasteiger partial charge in [-0.15, -0.1) is 0 Å². The Balaban J connectivity index is 2.76. The molecule has 0 radical (unpaired) electrons. The van der Waals surface area contributed by atoms with E-state index in [1.165, 1.54) is 57.8 Å². The van der Waals surface area contributed by atoms with Crippen LogP contribution < -0.4 is 0 Å². The van der Waals surface area contributed by atoms with Crippen molar-refractivity contribution in [3.05, 3.63) is 0 Å². The molecule has 0 aromatic rings. The van der Waals surface area contributed by atoms with Crippen LogP contribution in [0.15, 0.2) is 0 Å². The van der Waals surface area contributed by atoms with Crippen molar-refractivity contribution in [2.24, 2.45) is 0 Å². The Hall–Kier alpha value is 0.177. The van der Waals surface area contributed by atoms with Gasteiger partial charge in [0.25, 0.3) is 0 Å². The van der Waals surface area contributed by atoms with Crippen LogP contribution in [0.3, 0.4) is 0 Å². The van der Waals surface area contributed by atoms with Gasteiger partial charge in [0, 0.05) is 6.61 Å². The second-order valence-electron chi connectivity index (χ2n) is 3.82. The molecule has 0 atom stereocenters. The monoisotopic (exact) mass is 202 g/mol. The van der Waals surface area contributed by atoms with E-state index in [1.807, 2.05) is 0 Å². The molecule has 0 spiro atoms. The fourth-order valence-electron chi connectivity index (χ4n) is 1.56. The maximum atomic E-state index is 5.14. The number of rotatable bonds is 10. The lowest BCUT2D eigenvalue weighted by Crippen LogP contribution is -1.89. The number of hydrogen-bond donors (Lipinski definition) is 0. The summed E-state index contributed by atoms with van der Waals surface area (Å²) in [5, 5.41) is 0. The van der Waals surface area contributed by atoms with E-state index in [1.54, 1.807) is 0 Å². The van der Waals surface area contributed by atoms with Gasteiger partial charge in [0.15, 0.2) is 0 Å². The van der Waals surface area contributed by atoms with Crippen LogP contribution in [-0.4, -0.2) is 17.1 Å². The van der Waals surface area contributed by atoms with Gasteiger partial charge in [-0.05, 0) is 6.42 Å². The quantitative estimate of drug-likeness (QED) is 0.391. The molecule has 0 aromatic carbocycles. The van der Waals surface area contributed by atoms with Crippen molar-refractivity contribution >= 4 is 10.5 Å². The number of hydrogen-bond acceptors (Lipinski definition) is 1. The van der Waals surface area contributed by atoms with Gasteiger partial charge in [-0.25, -0.2) is 0 Å². The van der Waals surface area contributed by atoms with Crippen molar-refractivity contribution in [1.29, 1.82) is 0 Å². The summed E-state index contributed by atoms with van der Waals surface area (Å²) in [6, 6.07) is 0. The Morgan fingerprint density at radius 3 is 1.69 bits per heavy atom. The molecule has 0 amide bonds. The second kappa shape index (κ2) is 12.2. The lowest BCUT2D eigenvalue weighted by molar-refractivity contribution is 0.332. The molecule has 0 rings (SSSR count). The first-order valence-electron chi connectivity index (χ1n) is 5.90. The van der Waals surface area contributed by atoms with Crippen molar-refractivity contribution in [3.8, 4) is 0 Å². The van der Waals surface area contributed by atoms with Crippen molar-refractivity contribution < 1.29 is 4.43 Å². The standard InChI is InChI=1S/C11H26OSi/c1-2-3-4-5-6-7-8-9-10-11-12-13/h2-11H2,1,13H3.